The Morgan fingerprint density at radius 2 is 1.89 bits per heavy atom. The number of aromatic amines is 1. The molecule has 0 saturated carbocycles. The lowest BCUT2D eigenvalue weighted by molar-refractivity contribution is 0.0923. The highest BCUT2D eigenvalue weighted by atomic mass is 16.2. The number of nitrogens with one attached hydrogen (secondary N) is 3. The molecule has 1 unspecified atom stereocenters. The van der Waals surface area contributed by atoms with Crippen LogP contribution in [-0.4, -0.2) is 35.0 Å². The number of benzene rings is 2. The largest absolute Gasteiger partial charge is 0.342 e. The van der Waals surface area contributed by atoms with Crippen molar-refractivity contribution in [2.75, 3.05) is 18.0 Å². The summed E-state index contributed by atoms with van der Waals surface area (Å²) in [5, 5.41) is 5.85. The number of rotatable bonds is 5. The van der Waals surface area contributed by atoms with Gasteiger partial charge in [-0.3, -0.25) is 9.69 Å². The number of aromatic nitrogens is 2. The van der Waals surface area contributed by atoms with Crippen molar-refractivity contribution >= 4 is 28.7 Å². The molecular weight excluding hydrogens is 354 g/mol. The van der Waals surface area contributed by atoms with Gasteiger partial charge in [0.2, 0.25) is 0 Å². The van der Waals surface area contributed by atoms with Gasteiger partial charge in [-0.1, -0.05) is 26.0 Å². The van der Waals surface area contributed by atoms with Gasteiger partial charge < -0.3 is 15.6 Å². The van der Waals surface area contributed by atoms with Gasteiger partial charge in [0.15, 0.2) is 0 Å². The number of urea groups is 1. The van der Waals surface area contributed by atoms with Gasteiger partial charge in [0.25, 0.3) is 5.91 Å². The van der Waals surface area contributed by atoms with Gasteiger partial charge in [-0.15, -0.1) is 0 Å². The number of hydrogen-bond acceptors (Lipinski definition) is 3. The summed E-state index contributed by atoms with van der Waals surface area (Å²) in [5.74, 6) is 0.739. The maximum atomic E-state index is 12.8. The van der Waals surface area contributed by atoms with Crippen LogP contribution in [0.4, 0.5) is 10.5 Å². The minimum absolute atomic E-state index is 0.109. The molecule has 3 N–H and O–H groups in total. The standard InChI is InChI=1S/C21H23N5O2/c1-13(2)18(19-23-16-5-3-4-6-17(16)24-19)25-20(27)14-7-9-15(10-8-14)26-12-11-22-21(26)28/h3-10,13,18H,11-12H2,1-2H3,(H,22,28)(H,23,24)(H,25,27). The number of amides is 3. The lowest BCUT2D eigenvalue weighted by Gasteiger charge is -2.21. The Hall–Kier alpha value is -3.35. The van der Waals surface area contributed by atoms with Gasteiger partial charge in [0.1, 0.15) is 5.82 Å². The molecule has 0 spiro atoms. The van der Waals surface area contributed by atoms with Crippen LogP contribution in [0.1, 0.15) is 36.1 Å². The Kier molecular flexibility index (Phi) is 4.73. The van der Waals surface area contributed by atoms with Gasteiger partial charge in [-0.05, 0) is 42.3 Å². The smallest absolute Gasteiger partial charge is 0.321 e. The fourth-order valence-electron chi connectivity index (χ4n) is 3.41. The number of nitrogens with zero attached hydrogens (tertiary/aromatic N) is 2. The first-order valence-electron chi connectivity index (χ1n) is 9.44. The van der Waals surface area contributed by atoms with Crippen LogP contribution in [-0.2, 0) is 0 Å². The zero-order chi connectivity index (χ0) is 19.7. The first-order valence-corrected chi connectivity index (χ1v) is 9.44. The number of hydrogen-bond donors (Lipinski definition) is 3. The predicted molar refractivity (Wildman–Crippen MR) is 108 cm³/mol. The average molecular weight is 377 g/mol. The number of carbonyl (C=O) groups excluding carboxylic acids is 2. The quantitative estimate of drug-likeness (QED) is 0.638. The maximum absolute atomic E-state index is 12.8. The molecule has 3 amide bonds. The van der Waals surface area contributed by atoms with Crippen molar-refractivity contribution in [2.24, 2.45) is 5.92 Å². The number of anilines is 1. The van der Waals surface area contributed by atoms with E-state index in [0.717, 1.165) is 22.5 Å². The Labute approximate surface area is 163 Å². The van der Waals surface area contributed by atoms with Crippen LogP contribution in [0, 0.1) is 5.92 Å². The van der Waals surface area contributed by atoms with Crippen molar-refractivity contribution in [1.29, 1.82) is 0 Å². The van der Waals surface area contributed by atoms with E-state index < -0.39 is 0 Å². The summed E-state index contributed by atoms with van der Waals surface area (Å²) in [6.45, 7) is 5.36. The van der Waals surface area contributed by atoms with E-state index in [1.807, 2.05) is 38.1 Å². The van der Waals surface area contributed by atoms with Crippen LogP contribution in [0.25, 0.3) is 11.0 Å². The molecule has 4 rings (SSSR count). The molecule has 7 heteroatoms. The fraction of sp³-hybridized carbons (Fsp3) is 0.286. The molecule has 2 aromatic carbocycles. The van der Waals surface area contributed by atoms with E-state index >= 15 is 0 Å². The first-order chi connectivity index (χ1) is 13.5. The van der Waals surface area contributed by atoms with Gasteiger partial charge in [0.05, 0.1) is 17.1 Å². The molecule has 1 aliphatic rings. The first kappa shape index (κ1) is 18.0. The van der Waals surface area contributed by atoms with Crippen LogP contribution >= 0.6 is 0 Å². The highest BCUT2D eigenvalue weighted by Crippen LogP contribution is 2.23. The van der Waals surface area contributed by atoms with E-state index in [9.17, 15) is 9.59 Å². The third-order valence-corrected chi connectivity index (χ3v) is 4.95. The third-order valence-electron chi connectivity index (χ3n) is 4.95. The van der Waals surface area contributed by atoms with E-state index in [4.69, 9.17) is 0 Å². The van der Waals surface area contributed by atoms with Gasteiger partial charge >= 0.3 is 6.03 Å². The molecule has 0 radical (unpaired) electrons. The van der Waals surface area contributed by atoms with E-state index in [1.54, 1.807) is 29.2 Å². The van der Waals surface area contributed by atoms with Crippen LogP contribution in [0.3, 0.4) is 0 Å². The van der Waals surface area contributed by atoms with Gasteiger partial charge in [0, 0.05) is 24.3 Å². The number of imidazole rings is 1. The van der Waals surface area contributed by atoms with Crippen molar-refractivity contribution in [3.63, 3.8) is 0 Å². The summed E-state index contributed by atoms with van der Waals surface area (Å²) in [4.78, 5) is 34.2. The summed E-state index contributed by atoms with van der Waals surface area (Å²) >= 11 is 0. The van der Waals surface area contributed by atoms with Gasteiger partial charge in [-0.25, -0.2) is 9.78 Å². The molecule has 1 aromatic heterocycles. The van der Waals surface area contributed by atoms with Crippen molar-refractivity contribution in [1.82, 2.24) is 20.6 Å². The second-order valence-corrected chi connectivity index (χ2v) is 7.26. The molecule has 7 nitrogen and oxygen atoms in total. The topological polar surface area (TPSA) is 90.1 Å². The summed E-state index contributed by atoms with van der Waals surface area (Å²) in [7, 11) is 0. The molecule has 1 fully saturated rings. The molecule has 1 aliphatic heterocycles. The Balaban J connectivity index is 1.52. The molecule has 1 atom stereocenters. The normalized spacial score (nSPS) is 15.1. The second kappa shape index (κ2) is 7.34. The molecule has 3 aromatic rings. The van der Waals surface area contributed by atoms with E-state index in [-0.39, 0.29) is 23.9 Å². The molecule has 144 valence electrons. The second-order valence-electron chi connectivity index (χ2n) is 7.26. The number of fused-ring (bicyclic) bond motifs is 1. The average Bonchev–Trinajstić information content (AvgIpc) is 3.31. The summed E-state index contributed by atoms with van der Waals surface area (Å²) < 4.78 is 0. The van der Waals surface area contributed by atoms with E-state index in [2.05, 4.69) is 20.6 Å². The molecule has 2 heterocycles. The number of carbonyl (C=O) groups is 2. The van der Waals surface area contributed by atoms with Crippen LogP contribution in [0.15, 0.2) is 48.5 Å². The maximum Gasteiger partial charge on any atom is 0.321 e. The van der Waals surface area contributed by atoms with Crippen LogP contribution in [0.5, 0.6) is 0 Å². The Morgan fingerprint density at radius 1 is 1.14 bits per heavy atom. The van der Waals surface area contributed by atoms with Crippen molar-refractivity contribution < 1.29 is 9.59 Å². The van der Waals surface area contributed by atoms with E-state index in [0.29, 0.717) is 18.7 Å². The molecule has 1 saturated heterocycles. The van der Waals surface area contributed by atoms with Crippen LogP contribution < -0.4 is 15.5 Å². The molecule has 0 aliphatic carbocycles. The fourth-order valence-corrected chi connectivity index (χ4v) is 3.41. The van der Waals surface area contributed by atoms with E-state index in [1.165, 1.54) is 0 Å². The minimum atomic E-state index is -0.232. The van der Waals surface area contributed by atoms with Crippen molar-refractivity contribution in [2.45, 2.75) is 19.9 Å². The molecular formula is C21H23N5O2. The SMILES string of the molecule is CC(C)C(NC(=O)c1ccc(N2CCNC2=O)cc1)c1nc2ccccc2[nH]1. The van der Waals surface area contributed by atoms with Crippen molar-refractivity contribution in [3.8, 4) is 0 Å². The summed E-state index contributed by atoms with van der Waals surface area (Å²) in [5.41, 5.74) is 3.16. The lowest BCUT2D eigenvalue weighted by atomic mass is 10.0. The Bertz CT molecular complexity index is 976. The Morgan fingerprint density at radius 3 is 2.54 bits per heavy atom. The summed E-state index contributed by atoms with van der Waals surface area (Å²) in [6.07, 6.45) is 0. The van der Waals surface area contributed by atoms with Gasteiger partial charge in [-0.2, -0.15) is 0 Å². The molecule has 28 heavy (non-hydrogen) atoms. The number of H-pyrrole nitrogens is 1. The predicted octanol–water partition coefficient (Wildman–Crippen LogP) is 3.22. The highest BCUT2D eigenvalue weighted by molar-refractivity contribution is 5.97. The van der Waals surface area contributed by atoms with Crippen LogP contribution in [0.2, 0.25) is 0 Å². The summed E-state index contributed by atoms with van der Waals surface area (Å²) in [6, 6.07) is 14.6. The third kappa shape index (κ3) is 3.43. The monoisotopic (exact) mass is 377 g/mol. The highest BCUT2D eigenvalue weighted by Gasteiger charge is 2.24. The number of para-hydroxylation sites is 2. The lowest BCUT2D eigenvalue weighted by Crippen LogP contribution is -2.32. The van der Waals surface area contributed by atoms with Crippen molar-refractivity contribution in [3.05, 3.63) is 59.9 Å². The zero-order valence-corrected chi connectivity index (χ0v) is 15.9. The minimum Gasteiger partial charge on any atom is -0.342 e. The zero-order valence-electron chi connectivity index (χ0n) is 15.9. The molecule has 0 bridgehead atoms.